The number of primary amides is 1. The number of likely N-dealkylation sites (tertiary alicyclic amines) is 1. The van der Waals surface area contributed by atoms with Crippen molar-refractivity contribution in [2.24, 2.45) is 17.4 Å². The van der Waals surface area contributed by atoms with E-state index >= 15 is 0 Å². The molecule has 0 bridgehead atoms. The van der Waals surface area contributed by atoms with Crippen molar-refractivity contribution in [1.82, 2.24) is 4.90 Å². The topological polar surface area (TPSA) is 75.6 Å². The maximum atomic E-state index is 13.7. The van der Waals surface area contributed by atoms with E-state index in [0.29, 0.717) is 18.3 Å². The van der Waals surface area contributed by atoms with Gasteiger partial charge in [-0.05, 0) is 56.7 Å². The molecule has 2 aliphatic rings. The Balaban J connectivity index is 1.82. The fourth-order valence-electron chi connectivity index (χ4n) is 4.36. The first-order valence-corrected chi connectivity index (χ1v) is 9.24. The fourth-order valence-corrected chi connectivity index (χ4v) is 4.36. The van der Waals surface area contributed by atoms with Crippen LogP contribution in [-0.2, 0) is 0 Å². The van der Waals surface area contributed by atoms with Crippen molar-refractivity contribution in [3.05, 3.63) is 30.1 Å². The summed E-state index contributed by atoms with van der Waals surface area (Å²) < 4.78 is 13.7. The monoisotopic (exact) mass is 348 g/mol. The van der Waals surface area contributed by atoms with Gasteiger partial charge in [-0.15, -0.1) is 0 Å². The molecule has 2 fully saturated rings. The third-order valence-corrected chi connectivity index (χ3v) is 6.02. The number of hydrogen-bond donors (Lipinski definition) is 2. The van der Waals surface area contributed by atoms with Crippen LogP contribution in [0.2, 0.25) is 0 Å². The Bertz CT molecular complexity index is 621. The van der Waals surface area contributed by atoms with Gasteiger partial charge in [-0.3, -0.25) is 4.90 Å². The smallest absolute Gasteiger partial charge is 0.319 e. The molecule has 1 saturated carbocycles. The van der Waals surface area contributed by atoms with Crippen molar-refractivity contribution in [3.63, 3.8) is 0 Å². The van der Waals surface area contributed by atoms with Crippen LogP contribution in [0.5, 0.6) is 0 Å². The van der Waals surface area contributed by atoms with E-state index in [1.54, 1.807) is 12.1 Å². The molecule has 1 aromatic carbocycles. The van der Waals surface area contributed by atoms with Crippen LogP contribution in [0.3, 0.4) is 0 Å². The molecule has 1 aliphatic carbocycles. The van der Waals surface area contributed by atoms with Gasteiger partial charge in [-0.25, -0.2) is 9.18 Å². The largest absolute Gasteiger partial charge is 0.351 e. The average molecular weight is 348 g/mol. The first-order chi connectivity index (χ1) is 11.9. The summed E-state index contributed by atoms with van der Waals surface area (Å²) in [6.45, 7) is 4.51. The fraction of sp³-hybridized carbons (Fsp3) is 0.632. The molecule has 25 heavy (non-hydrogen) atoms. The van der Waals surface area contributed by atoms with E-state index in [9.17, 15) is 9.18 Å². The molecule has 5 nitrogen and oxygen atoms in total. The van der Waals surface area contributed by atoms with E-state index in [1.807, 2.05) is 0 Å². The summed E-state index contributed by atoms with van der Waals surface area (Å²) in [5.41, 5.74) is 11.8. The number of nitrogens with two attached hydrogens (primary N) is 2. The molecule has 0 radical (unpaired) electrons. The highest BCUT2D eigenvalue weighted by molar-refractivity contribution is 5.92. The lowest BCUT2D eigenvalue weighted by atomic mass is 9.79. The number of rotatable bonds is 5. The number of urea groups is 1. The van der Waals surface area contributed by atoms with Gasteiger partial charge in [0, 0.05) is 31.4 Å². The second-order valence-corrected chi connectivity index (χ2v) is 7.68. The van der Waals surface area contributed by atoms with E-state index in [0.717, 1.165) is 31.8 Å². The number of carbonyl (C=O) groups is 1. The lowest BCUT2D eigenvalue weighted by Gasteiger charge is -2.51. The van der Waals surface area contributed by atoms with Crippen LogP contribution in [0.1, 0.15) is 39.0 Å². The van der Waals surface area contributed by atoms with Crippen LogP contribution >= 0.6 is 0 Å². The molecule has 0 aromatic heterocycles. The Morgan fingerprint density at radius 2 is 2.20 bits per heavy atom. The van der Waals surface area contributed by atoms with Crippen molar-refractivity contribution in [1.29, 1.82) is 0 Å². The molecule has 3 rings (SSSR count). The van der Waals surface area contributed by atoms with Gasteiger partial charge in [-0.2, -0.15) is 0 Å². The summed E-state index contributed by atoms with van der Waals surface area (Å²) in [5, 5.41) is 0. The maximum absolute atomic E-state index is 13.7. The number of halogens is 1. The first kappa shape index (κ1) is 18.1. The molecule has 1 unspecified atom stereocenters. The van der Waals surface area contributed by atoms with Gasteiger partial charge in [0.2, 0.25) is 0 Å². The molecule has 138 valence electrons. The number of carbonyl (C=O) groups excluding carboxylic acids is 1. The lowest BCUT2D eigenvalue weighted by Crippen LogP contribution is -2.65. The highest BCUT2D eigenvalue weighted by Crippen LogP contribution is 2.37. The zero-order valence-corrected chi connectivity index (χ0v) is 15.0. The molecule has 1 heterocycles. The van der Waals surface area contributed by atoms with Gasteiger partial charge >= 0.3 is 6.03 Å². The van der Waals surface area contributed by atoms with Gasteiger partial charge < -0.3 is 16.4 Å². The normalized spacial score (nSPS) is 27.7. The molecular weight excluding hydrogens is 319 g/mol. The van der Waals surface area contributed by atoms with Crippen LogP contribution in [0, 0.1) is 11.7 Å². The highest BCUT2D eigenvalue weighted by Gasteiger charge is 2.44. The Morgan fingerprint density at radius 3 is 2.72 bits per heavy atom. The van der Waals surface area contributed by atoms with Gasteiger partial charge in [0.15, 0.2) is 0 Å². The number of piperidine rings is 1. The van der Waals surface area contributed by atoms with Crippen LogP contribution in [0.4, 0.5) is 14.9 Å². The van der Waals surface area contributed by atoms with Crippen molar-refractivity contribution >= 4 is 11.7 Å². The molecule has 6 heteroatoms. The number of amides is 2. The van der Waals surface area contributed by atoms with Crippen LogP contribution in [0.25, 0.3) is 0 Å². The quantitative estimate of drug-likeness (QED) is 0.859. The predicted molar refractivity (Wildman–Crippen MR) is 97.9 cm³/mol. The Labute approximate surface area is 149 Å². The predicted octanol–water partition coefficient (Wildman–Crippen LogP) is 2.69. The molecule has 4 N–H and O–H groups in total. The van der Waals surface area contributed by atoms with E-state index in [-0.39, 0.29) is 5.82 Å². The van der Waals surface area contributed by atoms with Crippen LogP contribution in [-0.4, -0.2) is 42.1 Å². The second-order valence-electron chi connectivity index (χ2n) is 7.68. The SMILES string of the molecule is C[C@H]1CC(CN)(N(C(N)=O)c2cccc(F)c2)CCN1CC1CCC1. The van der Waals surface area contributed by atoms with Crippen molar-refractivity contribution in [2.75, 3.05) is 24.5 Å². The summed E-state index contributed by atoms with van der Waals surface area (Å²) in [7, 11) is 0. The van der Waals surface area contributed by atoms with E-state index in [1.165, 1.54) is 36.3 Å². The minimum absolute atomic E-state index is 0.313. The summed E-state index contributed by atoms with van der Waals surface area (Å²) in [4.78, 5) is 16.3. The van der Waals surface area contributed by atoms with E-state index in [4.69, 9.17) is 11.5 Å². The van der Waals surface area contributed by atoms with Gasteiger partial charge in [0.25, 0.3) is 0 Å². The van der Waals surface area contributed by atoms with Gasteiger partial charge in [-0.1, -0.05) is 12.5 Å². The number of anilines is 1. The van der Waals surface area contributed by atoms with Gasteiger partial charge in [0.05, 0.1) is 5.54 Å². The van der Waals surface area contributed by atoms with Crippen molar-refractivity contribution in [2.45, 2.75) is 50.6 Å². The molecule has 0 spiro atoms. The zero-order valence-electron chi connectivity index (χ0n) is 15.0. The maximum Gasteiger partial charge on any atom is 0.319 e. The highest BCUT2D eigenvalue weighted by atomic mass is 19.1. The Morgan fingerprint density at radius 1 is 1.44 bits per heavy atom. The number of benzene rings is 1. The Hall–Kier alpha value is -1.66. The minimum atomic E-state index is -0.573. The summed E-state index contributed by atoms with van der Waals surface area (Å²) >= 11 is 0. The minimum Gasteiger partial charge on any atom is -0.351 e. The second kappa shape index (κ2) is 7.30. The van der Waals surface area contributed by atoms with Crippen LogP contribution in [0.15, 0.2) is 24.3 Å². The summed E-state index contributed by atoms with van der Waals surface area (Å²) in [6.07, 6.45) is 5.48. The lowest BCUT2D eigenvalue weighted by molar-refractivity contribution is 0.0741. The first-order valence-electron chi connectivity index (χ1n) is 9.24. The average Bonchev–Trinajstić information content (AvgIpc) is 2.52. The molecular formula is C19H29FN4O. The third kappa shape index (κ3) is 3.65. The van der Waals surface area contributed by atoms with Gasteiger partial charge in [0.1, 0.15) is 5.82 Å². The molecule has 1 aromatic rings. The molecule has 2 amide bonds. The van der Waals surface area contributed by atoms with Crippen LogP contribution < -0.4 is 16.4 Å². The molecule has 1 aliphatic heterocycles. The standard InChI is InChI=1S/C19H29FN4O/c1-14-11-19(13-21,8-9-23(14)12-15-4-2-5-15)24(18(22)25)17-7-3-6-16(20)10-17/h3,6-7,10,14-15H,2,4-5,8-9,11-13,21H2,1H3,(H2,22,25)/t14-,19?/m0/s1. The third-order valence-electron chi connectivity index (χ3n) is 6.02. The summed E-state index contributed by atoms with van der Waals surface area (Å²) in [5.74, 6) is 0.426. The Kier molecular flexibility index (Phi) is 5.29. The van der Waals surface area contributed by atoms with Crippen molar-refractivity contribution < 1.29 is 9.18 Å². The zero-order chi connectivity index (χ0) is 18.0. The van der Waals surface area contributed by atoms with Crippen molar-refractivity contribution in [3.8, 4) is 0 Å². The summed E-state index contributed by atoms with van der Waals surface area (Å²) in [6, 6.07) is 5.77. The number of nitrogens with zero attached hydrogens (tertiary/aromatic N) is 2. The van der Waals surface area contributed by atoms with E-state index in [2.05, 4.69) is 11.8 Å². The molecule has 1 saturated heterocycles. The molecule has 2 atom stereocenters. The number of hydrogen-bond acceptors (Lipinski definition) is 3. The van der Waals surface area contributed by atoms with E-state index < -0.39 is 11.6 Å².